The first-order chi connectivity index (χ1) is 16.5. The predicted molar refractivity (Wildman–Crippen MR) is 138 cm³/mol. The summed E-state index contributed by atoms with van der Waals surface area (Å²) in [6.07, 6.45) is 4.96. The number of aliphatic imine (C=N–C) groups is 1. The van der Waals surface area contributed by atoms with Gasteiger partial charge >= 0.3 is 0 Å². The molecule has 0 unspecified atom stereocenters. The van der Waals surface area contributed by atoms with Crippen molar-refractivity contribution in [2.45, 2.75) is 13.5 Å². The minimum Gasteiger partial charge on any atom is -0.493 e. The monoisotopic (exact) mass is 513 g/mol. The Kier molecular flexibility index (Phi) is 7.77. The molecular formula is C25H21Cl2N3O3S. The van der Waals surface area contributed by atoms with E-state index in [1.165, 1.54) is 18.0 Å². The van der Waals surface area contributed by atoms with Gasteiger partial charge in [-0.25, -0.2) is 4.99 Å². The fourth-order valence-corrected chi connectivity index (χ4v) is 4.56. The molecule has 2 aromatic carbocycles. The van der Waals surface area contributed by atoms with E-state index >= 15 is 0 Å². The van der Waals surface area contributed by atoms with Crippen LogP contribution in [0.5, 0.6) is 11.5 Å². The lowest BCUT2D eigenvalue weighted by Gasteiger charge is -2.12. The van der Waals surface area contributed by atoms with Crippen LogP contribution in [-0.4, -0.2) is 34.6 Å². The van der Waals surface area contributed by atoms with Gasteiger partial charge in [0.25, 0.3) is 5.91 Å². The topological polar surface area (TPSA) is 64.0 Å². The molecule has 0 saturated carbocycles. The molecule has 6 nitrogen and oxygen atoms in total. The minimum absolute atomic E-state index is 0.113. The van der Waals surface area contributed by atoms with E-state index in [1.54, 1.807) is 24.3 Å². The highest BCUT2D eigenvalue weighted by Gasteiger charge is 2.32. The summed E-state index contributed by atoms with van der Waals surface area (Å²) in [6.45, 7) is 2.78. The number of likely N-dealkylation sites (N-methyl/N-ethyl adjacent to an activating group) is 1. The first-order valence-electron chi connectivity index (χ1n) is 10.4. The van der Waals surface area contributed by atoms with Gasteiger partial charge in [-0.1, -0.05) is 41.4 Å². The Bertz CT molecular complexity index is 1260. The van der Waals surface area contributed by atoms with Crippen LogP contribution in [0.3, 0.4) is 0 Å². The second kappa shape index (κ2) is 11.0. The van der Waals surface area contributed by atoms with Crippen molar-refractivity contribution in [1.82, 2.24) is 9.88 Å². The number of amides is 1. The van der Waals surface area contributed by atoms with E-state index in [4.69, 9.17) is 32.7 Å². The lowest BCUT2D eigenvalue weighted by atomic mass is 10.1. The van der Waals surface area contributed by atoms with E-state index in [0.717, 1.165) is 11.1 Å². The average Bonchev–Trinajstić information content (AvgIpc) is 3.14. The molecule has 34 heavy (non-hydrogen) atoms. The van der Waals surface area contributed by atoms with Gasteiger partial charge in [-0.3, -0.25) is 14.7 Å². The quantitative estimate of drug-likeness (QED) is 0.333. The number of hydrogen-bond acceptors (Lipinski definition) is 6. The molecule has 1 aromatic heterocycles. The molecule has 1 saturated heterocycles. The van der Waals surface area contributed by atoms with Gasteiger partial charge in [-0.05, 0) is 66.2 Å². The fraction of sp³-hybridized carbons (Fsp3) is 0.160. The summed E-state index contributed by atoms with van der Waals surface area (Å²) < 4.78 is 11.4. The summed E-state index contributed by atoms with van der Waals surface area (Å²) in [5.74, 6) is 1.07. The molecular weight excluding hydrogens is 493 g/mol. The lowest BCUT2D eigenvalue weighted by molar-refractivity contribution is -0.122. The molecule has 4 rings (SSSR count). The van der Waals surface area contributed by atoms with E-state index in [2.05, 4.69) is 9.98 Å². The molecule has 1 amide bonds. The van der Waals surface area contributed by atoms with Crippen LogP contribution in [-0.2, 0) is 11.4 Å². The third-order valence-electron chi connectivity index (χ3n) is 4.96. The van der Waals surface area contributed by atoms with Crippen molar-refractivity contribution in [1.29, 1.82) is 0 Å². The first-order valence-corrected chi connectivity index (χ1v) is 12.0. The highest BCUT2D eigenvalue weighted by atomic mass is 35.5. The molecule has 0 bridgehead atoms. The summed E-state index contributed by atoms with van der Waals surface area (Å²) >= 11 is 13.4. The number of hydrogen-bond donors (Lipinski definition) is 0. The van der Waals surface area contributed by atoms with Crippen molar-refractivity contribution >= 4 is 57.8 Å². The van der Waals surface area contributed by atoms with Crippen molar-refractivity contribution in [3.8, 4) is 11.5 Å². The van der Waals surface area contributed by atoms with E-state index in [-0.39, 0.29) is 5.91 Å². The molecule has 0 aliphatic carbocycles. The maximum absolute atomic E-state index is 13.0. The average molecular weight is 514 g/mol. The van der Waals surface area contributed by atoms with Crippen molar-refractivity contribution in [2.75, 3.05) is 13.7 Å². The van der Waals surface area contributed by atoms with Crippen LogP contribution in [0.1, 0.15) is 18.1 Å². The highest BCUT2D eigenvalue weighted by molar-refractivity contribution is 8.18. The summed E-state index contributed by atoms with van der Waals surface area (Å²) in [5, 5.41) is 1.67. The van der Waals surface area contributed by atoms with E-state index < -0.39 is 0 Å². The molecule has 0 spiro atoms. The summed E-state index contributed by atoms with van der Waals surface area (Å²) in [5.41, 5.74) is 2.37. The Labute approximate surface area is 212 Å². The molecule has 1 aliphatic rings. The van der Waals surface area contributed by atoms with E-state index in [0.29, 0.717) is 50.5 Å². The van der Waals surface area contributed by atoms with Gasteiger partial charge in [0, 0.05) is 24.0 Å². The van der Waals surface area contributed by atoms with Crippen LogP contribution in [0.15, 0.2) is 70.8 Å². The minimum atomic E-state index is -0.113. The lowest BCUT2D eigenvalue weighted by Crippen LogP contribution is -2.28. The zero-order chi connectivity index (χ0) is 24.1. The van der Waals surface area contributed by atoms with Crippen molar-refractivity contribution < 1.29 is 14.3 Å². The number of pyridine rings is 1. The van der Waals surface area contributed by atoms with Crippen LogP contribution in [0.2, 0.25) is 10.0 Å². The van der Waals surface area contributed by atoms with Gasteiger partial charge in [0.1, 0.15) is 6.61 Å². The number of halogens is 2. The number of ether oxygens (including phenoxy) is 2. The molecule has 9 heteroatoms. The van der Waals surface area contributed by atoms with Gasteiger partial charge < -0.3 is 9.47 Å². The molecule has 3 aromatic rings. The van der Waals surface area contributed by atoms with Crippen LogP contribution < -0.4 is 9.47 Å². The highest BCUT2D eigenvalue weighted by Crippen LogP contribution is 2.36. The number of thioether (sulfide) groups is 1. The number of aromatic nitrogens is 1. The number of nitrogens with zero attached hydrogens (tertiary/aromatic N) is 3. The van der Waals surface area contributed by atoms with E-state index in [1.807, 2.05) is 55.5 Å². The maximum Gasteiger partial charge on any atom is 0.266 e. The van der Waals surface area contributed by atoms with Gasteiger partial charge in [-0.15, -0.1) is 0 Å². The third-order valence-corrected chi connectivity index (χ3v) is 6.51. The summed E-state index contributed by atoms with van der Waals surface area (Å²) in [4.78, 5) is 23.7. The largest absolute Gasteiger partial charge is 0.493 e. The number of amidine groups is 1. The van der Waals surface area contributed by atoms with Crippen molar-refractivity contribution in [2.24, 2.45) is 4.99 Å². The van der Waals surface area contributed by atoms with Gasteiger partial charge in [-0.2, -0.15) is 0 Å². The predicted octanol–water partition coefficient (Wildman–Crippen LogP) is 6.60. The number of carbonyl (C=O) groups is 1. The Morgan fingerprint density at radius 1 is 1.12 bits per heavy atom. The number of rotatable bonds is 7. The Morgan fingerprint density at radius 2 is 1.91 bits per heavy atom. The number of benzene rings is 2. The maximum atomic E-state index is 13.0. The molecule has 1 aliphatic heterocycles. The molecule has 2 heterocycles. The molecule has 0 atom stereocenters. The Hall–Kier alpha value is -3.00. The standard InChI is InChI=1S/C25H21Cl2N3O3S/c1-3-30-24(31)23(34-25(30)29-20-10-11-28-14-19(20)27)13-17-6-9-21(22(12-17)32-2)33-15-16-4-7-18(26)8-5-16/h4-14H,3,15H2,1-2H3/b23-13-,29-25?. The van der Waals surface area contributed by atoms with Crippen LogP contribution in [0, 0.1) is 0 Å². The third kappa shape index (κ3) is 5.55. The second-order valence-corrected chi connectivity index (χ2v) is 9.06. The number of carbonyl (C=O) groups excluding carboxylic acids is 1. The second-order valence-electron chi connectivity index (χ2n) is 7.21. The van der Waals surface area contributed by atoms with E-state index in [9.17, 15) is 4.79 Å². The normalized spacial score (nSPS) is 15.9. The first kappa shape index (κ1) is 24.1. The van der Waals surface area contributed by atoms with Crippen LogP contribution >= 0.6 is 35.0 Å². The zero-order valence-electron chi connectivity index (χ0n) is 18.5. The Morgan fingerprint density at radius 3 is 2.62 bits per heavy atom. The SMILES string of the molecule is CCN1C(=O)/C(=C/c2ccc(OCc3ccc(Cl)cc3)c(OC)c2)SC1=Nc1ccncc1Cl. The van der Waals surface area contributed by atoms with Crippen LogP contribution in [0.25, 0.3) is 6.08 Å². The number of methoxy groups -OCH3 is 1. The van der Waals surface area contributed by atoms with Gasteiger partial charge in [0.05, 0.1) is 22.7 Å². The Balaban J connectivity index is 1.55. The van der Waals surface area contributed by atoms with Gasteiger partial charge in [0.2, 0.25) is 0 Å². The summed E-state index contributed by atoms with van der Waals surface area (Å²) in [6, 6.07) is 14.7. The zero-order valence-corrected chi connectivity index (χ0v) is 20.8. The summed E-state index contributed by atoms with van der Waals surface area (Å²) in [7, 11) is 1.58. The van der Waals surface area contributed by atoms with Crippen molar-refractivity contribution in [3.63, 3.8) is 0 Å². The molecule has 0 N–H and O–H groups in total. The smallest absolute Gasteiger partial charge is 0.266 e. The fourth-order valence-electron chi connectivity index (χ4n) is 3.22. The van der Waals surface area contributed by atoms with Gasteiger partial charge in [0.15, 0.2) is 16.7 Å². The molecule has 0 radical (unpaired) electrons. The van der Waals surface area contributed by atoms with Crippen molar-refractivity contribution in [3.05, 3.63) is 87.0 Å². The molecule has 1 fully saturated rings. The molecule has 174 valence electrons. The van der Waals surface area contributed by atoms with Crippen LogP contribution in [0.4, 0.5) is 5.69 Å².